The number of likely N-dealkylation sites (tertiary alicyclic amines) is 1. The van der Waals surface area contributed by atoms with Gasteiger partial charge in [-0.2, -0.15) is 0 Å². The maximum absolute atomic E-state index is 12.1. The number of nitrogens with zero attached hydrogens (tertiary/aromatic N) is 1. The SMILES string of the molecule is CCOC(=O)[C@H]1CCCN(CCC(=O)Nc2ccc(S(N)(=O)=O)cc2)C1. The molecule has 1 heterocycles. The molecule has 0 aliphatic carbocycles. The first-order chi connectivity index (χ1) is 12.3. The first-order valence-corrected chi connectivity index (χ1v) is 10.2. The van der Waals surface area contributed by atoms with Crippen LogP contribution in [0.15, 0.2) is 29.2 Å². The number of rotatable bonds is 7. The number of anilines is 1. The summed E-state index contributed by atoms with van der Waals surface area (Å²) in [5.74, 6) is -0.472. The molecule has 1 aromatic carbocycles. The van der Waals surface area contributed by atoms with Gasteiger partial charge in [-0.1, -0.05) is 0 Å². The number of sulfonamides is 1. The van der Waals surface area contributed by atoms with E-state index < -0.39 is 10.0 Å². The predicted octanol–water partition coefficient (Wildman–Crippen LogP) is 0.938. The highest BCUT2D eigenvalue weighted by Gasteiger charge is 2.26. The Balaban J connectivity index is 1.80. The quantitative estimate of drug-likeness (QED) is 0.676. The molecule has 0 bridgehead atoms. The number of esters is 1. The van der Waals surface area contributed by atoms with Crippen molar-refractivity contribution >= 4 is 27.6 Å². The molecule has 1 aliphatic heterocycles. The lowest BCUT2D eigenvalue weighted by Crippen LogP contribution is -2.40. The van der Waals surface area contributed by atoms with E-state index in [1.807, 2.05) is 0 Å². The summed E-state index contributed by atoms with van der Waals surface area (Å²) in [6.45, 7) is 4.18. The van der Waals surface area contributed by atoms with E-state index in [-0.39, 0.29) is 29.1 Å². The first kappa shape index (κ1) is 20.3. The summed E-state index contributed by atoms with van der Waals surface area (Å²) < 4.78 is 27.5. The molecule has 9 heteroatoms. The van der Waals surface area contributed by atoms with Gasteiger partial charge < -0.3 is 15.0 Å². The molecule has 0 radical (unpaired) electrons. The van der Waals surface area contributed by atoms with Crippen molar-refractivity contribution < 1.29 is 22.7 Å². The van der Waals surface area contributed by atoms with Crippen LogP contribution in [0, 0.1) is 5.92 Å². The molecule has 26 heavy (non-hydrogen) atoms. The Morgan fingerprint density at radius 1 is 1.31 bits per heavy atom. The molecule has 0 aromatic heterocycles. The van der Waals surface area contributed by atoms with Crippen LogP contribution in [0.3, 0.4) is 0 Å². The normalized spacial score (nSPS) is 18.3. The van der Waals surface area contributed by atoms with Gasteiger partial charge in [0.2, 0.25) is 15.9 Å². The van der Waals surface area contributed by atoms with Crippen molar-refractivity contribution in [2.45, 2.75) is 31.1 Å². The van der Waals surface area contributed by atoms with Gasteiger partial charge in [0.15, 0.2) is 0 Å². The third-order valence-corrected chi connectivity index (χ3v) is 5.18. The van der Waals surface area contributed by atoms with Crippen LogP contribution in [0.5, 0.6) is 0 Å². The van der Waals surface area contributed by atoms with Gasteiger partial charge in [0.05, 0.1) is 17.4 Å². The summed E-state index contributed by atoms with van der Waals surface area (Å²) in [5, 5.41) is 7.76. The molecule has 1 fully saturated rings. The lowest BCUT2D eigenvalue weighted by atomic mass is 9.98. The molecule has 2 rings (SSSR count). The molecule has 0 saturated carbocycles. The minimum atomic E-state index is -3.75. The average molecular weight is 383 g/mol. The van der Waals surface area contributed by atoms with Crippen LogP contribution in [-0.4, -0.2) is 51.4 Å². The predicted molar refractivity (Wildman–Crippen MR) is 96.9 cm³/mol. The number of hydrogen-bond acceptors (Lipinski definition) is 6. The van der Waals surface area contributed by atoms with Crippen LogP contribution in [0.1, 0.15) is 26.2 Å². The molecule has 8 nitrogen and oxygen atoms in total. The molecule has 1 aromatic rings. The number of piperidine rings is 1. The van der Waals surface area contributed by atoms with Crippen LogP contribution >= 0.6 is 0 Å². The monoisotopic (exact) mass is 383 g/mol. The Bertz CT molecular complexity index is 733. The standard InChI is InChI=1S/C17H25N3O5S/c1-2-25-17(22)13-4-3-10-20(12-13)11-9-16(21)19-14-5-7-15(8-6-14)26(18,23)24/h5-8,13H,2-4,9-12H2,1H3,(H,19,21)(H2,18,23,24)/t13-/m0/s1. The number of hydrogen-bond donors (Lipinski definition) is 2. The summed E-state index contributed by atoms with van der Waals surface area (Å²) >= 11 is 0. The lowest BCUT2D eigenvalue weighted by Gasteiger charge is -2.31. The number of primary sulfonamides is 1. The molecule has 0 unspecified atom stereocenters. The first-order valence-electron chi connectivity index (χ1n) is 8.61. The summed E-state index contributed by atoms with van der Waals surface area (Å²) in [7, 11) is -3.75. The Morgan fingerprint density at radius 2 is 2.00 bits per heavy atom. The smallest absolute Gasteiger partial charge is 0.310 e. The van der Waals surface area contributed by atoms with Crippen molar-refractivity contribution in [1.29, 1.82) is 0 Å². The second kappa shape index (κ2) is 9.11. The largest absolute Gasteiger partial charge is 0.466 e. The van der Waals surface area contributed by atoms with E-state index in [0.29, 0.717) is 25.4 Å². The zero-order valence-electron chi connectivity index (χ0n) is 14.8. The van der Waals surface area contributed by atoms with E-state index in [4.69, 9.17) is 9.88 Å². The van der Waals surface area contributed by atoms with E-state index in [2.05, 4.69) is 10.2 Å². The number of amides is 1. The number of carbonyl (C=O) groups is 2. The second-order valence-corrected chi connectivity index (χ2v) is 7.82. The highest BCUT2D eigenvalue weighted by atomic mass is 32.2. The highest BCUT2D eigenvalue weighted by Crippen LogP contribution is 2.18. The van der Waals surface area contributed by atoms with Gasteiger partial charge in [0.25, 0.3) is 0 Å². The van der Waals surface area contributed by atoms with Gasteiger partial charge in [0, 0.05) is 25.2 Å². The van der Waals surface area contributed by atoms with Gasteiger partial charge in [0.1, 0.15) is 0 Å². The third kappa shape index (κ3) is 6.08. The molecule has 1 amide bonds. The minimum Gasteiger partial charge on any atom is -0.466 e. The van der Waals surface area contributed by atoms with Gasteiger partial charge in [-0.15, -0.1) is 0 Å². The molecule has 1 atom stereocenters. The Hall–Kier alpha value is -1.97. The zero-order chi connectivity index (χ0) is 19.2. The second-order valence-electron chi connectivity index (χ2n) is 6.26. The van der Waals surface area contributed by atoms with Crippen molar-refractivity contribution in [1.82, 2.24) is 4.90 Å². The highest BCUT2D eigenvalue weighted by molar-refractivity contribution is 7.89. The van der Waals surface area contributed by atoms with E-state index >= 15 is 0 Å². The van der Waals surface area contributed by atoms with Gasteiger partial charge in [-0.25, -0.2) is 13.6 Å². The van der Waals surface area contributed by atoms with Crippen LogP contribution < -0.4 is 10.5 Å². The Morgan fingerprint density at radius 3 is 2.62 bits per heavy atom. The lowest BCUT2D eigenvalue weighted by molar-refractivity contribution is -0.149. The Kier molecular flexibility index (Phi) is 7.13. The molecule has 1 saturated heterocycles. The molecular weight excluding hydrogens is 358 g/mol. The molecule has 144 valence electrons. The summed E-state index contributed by atoms with van der Waals surface area (Å²) in [6.07, 6.45) is 2.00. The fourth-order valence-corrected chi connectivity index (χ4v) is 3.44. The van der Waals surface area contributed by atoms with Crippen molar-refractivity contribution in [3.8, 4) is 0 Å². The zero-order valence-corrected chi connectivity index (χ0v) is 15.6. The molecule has 3 N–H and O–H groups in total. The van der Waals surface area contributed by atoms with E-state index in [0.717, 1.165) is 19.4 Å². The maximum atomic E-state index is 12.1. The van der Waals surface area contributed by atoms with Crippen LogP contribution in [-0.2, 0) is 24.3 Å². The summed E-state index contributed by atoms with van der Waals surface area (Å²) in [6, 6.07) is 5.68. The van der Waals surface area contributed by atoms with Crippen molar-refractivity contribution in [2.75, 3.05) is 31.6 Å². The maximum Gasteiger partial charge on any atom is 0.310 e. The number of nitrogens with one attached hydrogen (secondary N) is 1. The van der Waals surface area contributed by atoms with E-state index in [1.54, 1.807) is 6.92 Å². The number of ether oxygens (including phenoxy) is 1. The number of benzene rings is 1. The van der Waals surface area contributed by atoms with Gasteiger partial charge >= 0.3 is 5.97 Å². The van der Waals surface area contributed by atoms with Crippen LogP contribution in [0.4, 0.5) is 5.69 Å². The van der Waals surface area contributed by atoms with Gasteiger partial charge in [-0.3, -0.25) is 9.59 Å². The van der Waals surface area contributed by atoms with Crippen molar-refractivity contribution in [2.24, 2.45) is 11.1 Å². The summed E-state index contributed by atoms with van der Waals surface area (Å²) in [4.78, 5) is 26.0. The Labute approximate surface area is 153 Å². The molecular formula is C17H25N3O5S. The number of nitrogens with two attached hydrogens (primary N) is 1. The van der Waals surface area contributed by atoms with E-state index in [1.165, 1.54) is 24.3 Å². The fourth-order valence-electron chi connectivity index (χ4n) is 2.92. The van der Waals surface area contributed by atoms with Crippen molar-refractivity contribution in [3.63, 3.8) is 0 Å². The molecule has 1 aliphatic rings. The van der Waals surface area contributed by atoms with Crippen molar-refractivity contribution in [3.05, 3.63) is 24.3 Å². The molecule has 0 spiro atoms. The van der Waals surface area contributed by atoms with Crippen LogP contribution in [0.25, 0.3) is 0 Å². The number of carbonyl (C=O) groups excluding carboxylic acids is 2. The fraction of sp³-hybridized carbons (Fsp3) is 0.529. The topological polar surface area (TPSA) is 119 Å². The van der Waals surface area contributed by atoms with E-state index in [9.17, 15) is 18.0 Å². The average Bonchev–Trinajstić information content (AvgIpc) is 2.60. The minimum absolute atomic E-state index is 0.00572. The third-order valence-electron chi connectivity index (χ3n) is 4.25. The van der Waals surface area contributed by atoms with Gasteiger partial charge in [-0.05, 0) is 50.6 Å². The summed E-state index contributed by atoms with van der Waals surface area (Å²) in [5.41, 5.74) is 0.505. The van der Waals surface area contributed by atoms with Crippen LogP contribution in [0.2, 0.25) is 0 Å².